The van der Waals surface area contributed by atoms with Crippen LogP contribution in [0.5, 0.6) is 0 Å². The van der Waals surface area contributed by atoms with Crippen LogP contribution in [0.15, 0.2) is 15.9 Å². The molecule has 0 bridgehead atoms. The minimum absolute atomic E-state index is 0.0888. The standard InChI is InChI=1S/C16H22N4O3/c1-10(2)20-9-17-14-13(20)15(22)19(16(23)18(14)3)8-11-4-6-12(21)7-5-11/h9-11H,4-8H2,1-3H3. The molecule has 2 aromatic rings. The van der Waals surface area contributed by atoms with E-state index in [1.807, 2.05) is 13.8 Å². The predicted octanol–water partition coefficient (Wildman–Crippen LogP) is 1.24. The number of rotatable bonds is 3. The summed E-state index contributed by atoms with van der Waals surface area (Å²) in [4.78, 5) is 41.0. The molecule has 1 saturated carbocycles. The molecular weight excluding hydrogens is 296 g/mol. The summed E-state index contributed by atoms with van der Waals surface area (Å²) in [6.07, 6.45) is 4.20. The van der Waals surface area contributed by atoms with E-state index in [0.717, 1.165) is 12.8 Å². The number of hydrogen-bond acceptors (Lipinski definition) is 4. The fourth-order valence-electron chi connectivity index (χ4n) is 3.28. The molecule has 0 amide bonds. The summed E-state index contributed by atoms with van der Waals surface area (Å²) in [6.45, 7) is 4.32. The molecule has 1 aliphatic carbocycles. The Hall–Kier alpha value is -2.18. The predicted molar refractivity (Wildman–Crippen MR) is 86.6 cm³/mol. The van der Waals surface area contributed by atoms with E-state index in [0.29, 0.717) is 30.6 Å². The number of nitrogens with zero attached hydrogens (tertiary/aromatic N) is 4. The van der Waals surface area contributed by atoms with Crippen LogP contribution in [0.4, 0.5) is 0 Å². The monoisotopic (exact) mass is 318 g/mol. The summed E-state index contributed by atoms with van der Waals surface area (Å²) >= 11 is 0. The molecule has 7 heteroatoms. The second-order valence-electron chi connectivity index (χ2n) is 6.66. The molecule has 0 aliphatic heterocycles. The summed E-state index contributed by atoms with van der Waals surface area (Å²) in [5, 5.41) is 0. The van der Waals surface area contributed by atoms with Gasteiger partial charge in [-0.3, -0.25) is 18.7 Å². The molecular formula is C16H22N4O3. The van der Waals surface area contributed by atoms with E-state index in [1.165, 1.54) is 9.13 Å². The molecule has 23 heavy (non-hydrogen) atoms. The highest BCUT2D eigenvalue weighted by molar-refractivity contribution is 5.79. The number of fused-ring (bicyclic) bond motifs is 1. The molecule has 0 N–H and O–H groups in total. The van der Waals surface area contributed by atoms with Gasteiger partial charge in [0.15, 0.2) is 11.2 Å². The number of hydrogen-bond donors (Lipinski definition) is 0. The van der Waals surface area contributed by atoms with Crippen molar-refractivity contribution in [1.29, 1.82) is 0 Å². The van der Waals surface area contributed by atoms with Crippen molar-refractivity contribution in [2.45, 2.75) is 52.1 Å². The summed E-state index contributed by atoms with van der Waals surface area (Å²) in [5.74, 6) is 0.473. The van der Waals surface area contributed by atoms with Gasteiger partial charge in [-0.05, 0) is 32.6 Å². The van der Waals surface area contributed by atoms with Crippen LogP contribution >= 0.6 is 0 Å². The van der Waals surface area contributed by atoms with E-state index >= 15 is 0 Å². The molecule has 0 aromatic carbocycles. The maximum absolute atomic E-state index is 12.8. The van der Waals surface area contributed by atoms with Crippen molar-refractivity contribution in [2.24, 2.45) is 13.0 Å². The van der Waals surface area contributed by atoms with E-state index in [1.54, 1.807) is 17.9 Å². The molecule has 3 rings (SSSR count). The molecule has 124 valence electrons. The van der Waals surface area contributed by atoms with E-state index < -0.39 is 0 Å². The topological polar surface area (TPSA) is 78.9 Å². The van der Waals surface area contributed by atoms with Crippen LogP contribution in [0.25, 0.3) is 11.2 Å². The lowest BCUT2D eigenvalue weighted by Gasteiger charge is -2.21. The SMILES string of the molecule is CC(C)n1cnc2c1c(=O)n(CC1CCC(=O)CC1)c(=O)n2C. The number of carbonyl (C=O) groups is 1. The normalized spacial score (nSPS) is 16.6. The van der Waals surface area contributed by atoms with Gasteiger partial charge in [0.2, 0.25) is 0 Å². The average Bonchev–Trinajstić information content (AvgIpc) is 2.96. The summed E-state index contributed by atoms with van der Waals surface area (Å²) in [7, 11) is 1.64. The highest BCUT2D eigenvalue weighted by Crippen LogP contribution is 2.22. The first-order chi connectivity index (χ1) is 10.9. The number of Topliss-reactive ketones (excluding diaryl/α,β-unsaturated/α-hetero) is 1. The lowest BCUT2D eigenvalue weighted by atomic mass is 9.88. The number of aromatic nitrogens is 4. The fraction of sp³-hybridized carbons (Fsp3) is 0.625. The smallest absolute Gasteiger partial charge is 0.322 e. The molecule has 7 nitrogen and oxygen atoms in total. The van der Waals surface area contributed by atoms with Gasteiger partial charge >= 0.3 is 5.69 Å². The van der Waals surface area contributed by atoms with Crippen LogP contribution in [-0.4, -0.2) is 24.5 Å². The van der Waals surface area contributed by atoms with Gasteiger partial charge in [0.25, 0.3) is 5.56 Å². The van der Waals surface area contributed by atoms with Crippen molar-refractivity contribution in [3.63, 3.8) is 0 Å². The maximum Gasteiger partial charge on any atom is 0.332 e. The summed E-state index contributed by atoms with van der Waals surface area (Å²) in [6, 6.07) is 0.0888. The molecule has 0 radical (unpaired) electrons. The zero-order chi connectivity index (χ0) is 16.7. The van der Waals surface area contributed by atoms with E-state index in [-0.39, 0.29) is 29.0 Å². The molecule has 1 aliphatic rings. The third kappa shape index (κ3) is 2.64. The van der Waals surface area contributed by atoms with Crippen LogP contribution in [0.2, 0.25) is 0 Å². The lowest BCUT2D eigenvalue weighted by molar-refractivity contribution is -0.121. The molecule has 0 spiro atoms. The Balaban J connectivity index is 2.09. The minimum atomic E-state index is -0.339. The van der Waals surface area contributed by atoms with E-state index in [4.69, 9.17) is 0 Å². The van der Waals surface area contributed by atoms with E-state index in [9.17, 15) is 14.4 Å². The van der Waals surface area contributed by atoms with Crippen LogP contribution < -0.4 is 11.2 Å². The molecule has 0 unspecified atom stereocenters. The highest BCUT2D eigenvalue weighted by Gasteiger charge is 2.23. The fourth-order valence-corrected chi connectivity index (χ4v) is 3.28. The van der Waals surface area contributed by atoms with Crippen LogP contribution in [0, 0.1) is 5.92 Å². The van der Waals surface area contributed by atoms with Crippen LogP contribution in [0.1, 0.15) is 45.6 Å². The third-order valence-electron chi connectivity index (χ3n) is 4.72. The van der Waals surface area contributed by atoms with Crippen LogP contribution in [-0.2, 0) is 18.4 Å². The molecule has 0 saturated heterocycles. The largest absolute Gasteiger partial charge is 0.332 e. The second kappa shape index (κ2) is 5.79. The van der Waals surface area contributed by atoms with Gasteiger partial charge in [-0.1, -0.05) is 0 Å². The number of aryl methyl sites for hydroxylation is 1. The van der Waals surface area contributed by atoms with Gasteiger partial charge in [0, 0.05) is 32.5 Å². The minimum Gasteiger partial charge on any atom is -0.322 e. The van der Waals surface area contributed by atoms with Crippen molar-refractivity contribution in [1.82, 2.24) is 18.7 Å². The third-order valence-corrected chi connectivity index (χ3v) is 4.72. The van der Waals surface area contributed by atoms with Gasteiger partial charge in [0.05, 0.1) is 6.33 Å². The average molecular weight is 318 g/mol. The van der Waals surface area contributed by atoms with Crippen molar-refractivity contribution >= 4 is 16.9 Å². The number of carbonyl (C=O) groups excluding carboxylic acids is 1. The first-order valence-electron chi connectivity index (χ1n) is 8.08. The quantitative estimate of drug-likeness (QED) is 0.853. The Kier molecular flexibility index (Phi) is 3.95. The Morgan fingerprint density at radius 1 is 1.22 bits per heavy atom. The molecule has 1 fully saturated rings. The Labute approximate surface area is 133 Å². The number of imidazole rings is 1. The molecule has 2 aromatic heterocycles. The first kappa shape index (κ1) is 15.7. The Bertz CT molecular complexity index is 862. The zero-order valence-electron chi connectivity index (χ0n) is 13.8. The molecule has 0 atom stereocenters. The Morgan fingerprint density at radius 3 is 2.48 bits per heavy atom. The van der Waals surface area contributed by atoms with E-state index in [2.05, 4.69) is 4.98 Å². The second-order valence-corrected chi connectivity index (χ2v) is 6.66. The zero-order valence-corrected chi connectivity index (χ0v) is 13.8. The molecule has 2 heterocycles. The number of ketones is 1. The van der Waals surface area contributed by atoms with Crippen molar-refractivity contribution in [3.8, 4) is 0 Å². The Morgan fingerprint density at radius 2 is 1.87 bits per heavy atom. The van der Waals surface area contributed by atoms with Crippen molar-refractivity contribution in [3.05, 3.63) is 27.2 Å². The van der Waals surface area contributed by atoms with Gasteiger partial charge in [-0.15, -0.1) is 0 Å². The van der Waals surface area contributed by atoms with Gasteiger partial charge in [-0.25, -0.2) is 9.78 Å². The van der Waals surface area contributed by atoms with Crippen LogP contribution in [0.3, 0.4) is 0 Å². The lowest BCUT2D eigenvalue weighted by Crippen LogP contribution is -2.41. The van der Waals surface area contributed by atoms with Gasteiger partial charge in [0.1, 0.15) is 5.78 Å². The maximum atomic E-state index is 12.8. The van der Waals surface area contributed by atoms with Gasteiger partial charge in [-0.2, -0.15) is 0 Å². The van der Waals surface area contributed by atoms with Crippen molar-refractivity contribution in [2.75, 3.05) is 0 Å². The first-order valence-corrected chi connectivity index (χ1v) is 8.08. The van der Waals surface area contributed by atoms with Crippen molar-refractivity contribution < 1.29 is 4.79 Å². The van der Waals surface area contributed by atoms with Gasteiger partial charge < -0.3 is 4.57 Å². The highest BCUT2D eigenvalue weighted by atomic mass is 16.2. The summed E-state index contributed by atoms with van der Waals surface area (Å²) < 4.78 is 4.55. The summed E-state index contributed by atoms with van der Waals surface area (Å²) in [5.41, 5.74) is 0.261.